The summed E-state index contributed by atoms with van der Waals surface area (Å²) in [6.45, 7) is 2.03. The molecule has 5 heteroatoms. The Balaban J connectivity index is 1.67. The number of anilines is 1. The Morgan fingerprint density at radius 2 is 2.04 bits per heavy atom. The van der Waals surface area contributed by atoms with Crippen LogP contribution in [-0.2, 0) is 4.79 Å². The van der Waals surface area contributed by atoms with Gasteiger partial charge in [-0.15, -0.1) is 0 Å². The van der Waals surface area contributed by atoms with E-state index in [0.717, 1.165) is 24.1 Å². The van der Waals surface area contributed by atoms with Crippen molar-refractivity contribution in [3.05, 3.63) is 53.6 Å². The molecule has 0 aliphatic heterocycles. The predicted octanol–water partition coefficient (Wildman–Crippen LogP) is 3.77. The van der Waals surface area contributed by atoms with Crippen molar-refractivity contribution in [2.45, 2.75) is 19.8 Å². The SMILES string of the molecule is COc1cc(/C=N\Nc2cccc(C)c2)ccc1OC(=O)C1CC1. The van der Waals surface area contributed by atoms with Gasteiger partial charge in [0.25, 0.3) is 0 Å². The van der Waals surface area contributed by atoms with Crippen LogP contribution in [0.4, 0.5) is 5.69 Å². The van der Waals surface area contributed by atoms with Crippen LogP contribution in [0.2, 0.25) is 0 Å². The van der Waals surface area contributed by atoms with Gasteiger partial charge in [-0.25, -0.2) is 0 Å². The molecule has 2 aromatic rings. The van der Waals surface area contributed by atoms with E-state index in [1.165, 1.54) is 5.56 Å². The molecular formula is C19H20N2O3. The second-order valence-corrected chi connectivity index (χ2v) is 5.85. The van der Waals surface area contributed by atoms with Gasteiger partial charge in [-0.3, -0.25) is 10.2 Å². The third-order valence-electron chi connectivity index (χ3n) is 3.73. The van der Waals surface area contributed by atoms with E-state index in [4.69, 9.17) is 9.47 Å². The summed E-state index contributed by atoms with van der Waals surface area (Å²) in [5.41, 5.74) is 5.92. The average Bonchev–Trinajstić information content (AvgIpc) is 3.41. The van der Waals surface area contributed by atoms with Crippen LogP contribution in [0, 0.1) is 12.8 Å². The maximum Gasteiger partial charge on any atom is 0.314 e. The number of nitrogens with one attached hydrogen (secondary N) is 1. The van der Waals surface area contributed by atoms with E-state index in [0.29, 0.717) is 11.5 Å². The Morgan fingerprint density at radius 3 is 2.75 bits per heavy atom. The summed E-state index contributed by atoms with van der Waals surface area (Å²) < 4.78 is 10.7. The lowest BCUT2D eigenvalue weighted by Crippen LogP contribution is -2.10. The van der Waals surface area contributed by atoms with E-state index in [1.807, 2.05) is 37.3 Å². The fourth-order valence-corrected chi connectivity index (χ4v) is 2.26. The largest absolute Gasteiger partial charge is 0.493 e. The number of aryl methyl sites for hydroxylation is 1. The van der Waals surface area contributed by atoms with Crippen molar-refractivity contribution in [2.75, 3.05) is 12.5 Å². The molecule has 24 heavy (non-hydrogen) atoms. The lowest BCUT2D eigenvalue weighted by molar-refractivity contribution is -0.135. The van der Waals surface area contributed by atoms with Gasteiger partial charge in [0.1, 0.15) is 0 Å². The lowest BCUT2D eigenvalue weighted by atomic mass is 10.2. The second kappa shape index (κ2) is 7.17. The highest BCUT2D eigenvalue weighted by Crippen LogP contribution is 2.34. The standard InChI is InChI=1S/C19H20N2O3/c1-13-4-3-5-16(10-13)21-20-12-14-6-9-17(18(11-14)23-2)24-19(22)15-7-8-15/h3-6,9-12,15,21H,7-8H2,1-2H3/b20-12-. The predicted molar refractivity (Wildman–Crippen MR) is 93.7 cm³/mol. The van der Waals surface area contributed by atoms with Gasteiger partial charge in [-0.05, 0) is 61.2 Å². The van der Waals surface area contributed by atoms with Crippen LogP contribution in [-0.4, -0.2) is 19.3 Å². The molecule has 0 saturated heterocycles. The van der Waals surface area contributed by atoms with E-state index in [1.54, 1.807) is 25.5 Å². The van der Waals surface area contributed by atoms with Crippen LogP contribution >= 0.6 is 0 Å². The highest BCUT2D eigenvalue weighted by Gasteiger charge is 2.32. The fraction of sp³-hybridized carbons (Fsp3) is 0.263. The summed E-state index contributed by atoms with van der Waals surface area (Å²) in [7, 11) is 1.55. The average molecular weight is 324 g/mol. The molecule has 124 valence electrons. The highest BCUT2D eigenvalue weighted by molar-refractivity contribution is 5.83. The van der Waals surface area contributed by atoms with E-state index in [2.05, 4.69) is 10.5 Å². The first-order valence-electron chi connectivity index (χ1n) is 7.91. The van der Waals surface area contributed by atoms with Gasteiger partial charge < -0.3 is 9.47 Å². The van der Waals surface area contributed by atoms with Gasteiger partial charge in [0.2, 0.25) is 0 Å². The number of carbonyl (C=O) groups excluding carboxylic acids is 1. The molecule has 1 aliphatic carbocycles. The zero-order valence-corrected chi connectivity index (χ0v) is 13.8. The molecule has 0 heterocycles. The van der Waals surface area contributed by atoms with Crippen LogP contribution in [0.1, 0.15) is 24.0 Å². The molecule has 5 nitrogen and oxygen atoms in total. The summed E-state index contributed by atoms with van der Waals surface area (Å²) in [5.74, 6) is 0.826. The fourth-order valence-electron chi connectivity index (χ4n) is 2.26. The molecule has 0 aromatic heterocycles. The molecule has 2 aromatic carbocycles. The third-order valence-corrected chi connectivity index (χ3v) is 3.73. The molecule has 0 spiro atoms. The van der Waals surface area contributed by atoms with Gasteiger partial charge in [0.15, 0.2) is 11.5 Å². The van der Waals surface area contributed by atoms with Crippen molar-refractivity contribution in [1.29, 1.82) is 0 Å². The first-order valence-corrected chi connectivity index (χ1v) is 7.91. The van der Waals surface area contributed by atoms with E-state index in [-0.39, 0.29) is 11.9 Å². The van der Waals surface area contributed by atoms with Crippen molar-refractivity contribution in [3.8, 4) is 11.5 Å². The van der Waals surface area contributed by atoms with Crippen molar-refractivity contribution in [3.63, 3.8) is 0 Å². The quantitative estimate of drug-likeness (QED) is 0.380. The molecule has 1 fully saturated rings. The Morgan fingerprint density at radius 1 is 1.21 bits per heavy atom. The first-order chi connectivity index (χ1) is 11.7. The number of ether oxygens (including phenoxy) is 2. The monoisotopic (exact) mass is 324 g/mol. The number of methoxy groups -OCH3 is 1. The number of benzene rings is 2. The second-order valence-electron chi connectivity index (χ2n) is 5.85. The number of hydrogen-bond donors (Lipinski definition) is 1. The zero-order chi connectivity index (χ0) is 16.9. The van der Waals surface area contributed by atoms with Crippen molar-refractivity contribution < 1.29 is 14.3 Å². The highest BCUT2D eigenvalue weighted by atomic mass is 16.6. The first kappa shape index (κ1) is 16.1. The summed E-state index contributed by atoms with van der Waals surface area (Å²) >= 11 is 0. The van der Waals surface area contributed by atoms with Crippen LogP contribution in [0.3, 0.4) is 0 Å². The Hall–Kier alpha value is -2.82. The van der Waals surface area contributed by atoms with Crippen LogP contribution in [0.25, 0.3) is 0 Å². The molecule has 0 amide bonds. The van der Waals surface area contributed by atoms with Crippen molar-refractivity contribution in [1.82, 2.24) is 0 Å². The number of esters is 1. The molecule has 0 unspecified atom stereocenters. The molecule has 1 N–H and O–H groups in total. The van der Waals surface area contributed by atoms with Gasteiger partial charge in [0, 0.05) is 0 Å². The smallest absolute Gasteiger partial charge is 0.314 e. The Kier molecular flexibility index (Phi) is 4.79. The molecule has 3 rings (SSSR count). The van der Waals surface area contributed by atoms with Gasteiger partial charge in [-0.2, -0.15) is 5.10 Å². The van der Waals surface area contributed by atoms with Crippen LogP contribution < -0.4 is 14.9 Å². The van der Waals surface area contributed by atoms with Gasteiger partial charge >= 0.3 is 5.97 Å². The number of hydrogen-bond acceptors (Lipinski definition) is 5. The molecule has 1 aliphatic rings. The van der Waals surface area contributed by atoms with E-state index >= 15 is 0 Å². The summed E-state index contributed by atoms with van der Waals surface area (Å²) in [5, 5.41) is 4.22. The third kappa shape index (κ3) is 4.13. The summed E-state index contributed by atoms with van der Waals surface area (Å²) in [4.78, 5) is 11.8. The van der Waals surface area contributed by atoms with Crippen molar-refractivity contribution >= 4 is 17.9 Å². The number of rotatable bonds is 6. The maximum absolute atomic E-state index is 11.8. The molecule has 1 saturated carbocycles. The summed E-state index contributed by atoms with van der Waals surface area (Å²) in [6.07, 6.45) is 3.52. The Labute approximate surface area is 141 Å². The number of nitrogens with zero attached hydrogens (tertiary/aromatic N) is 1. The minimum atomic E-state index is -0.184. The zero-order valence-electron chi connectivity index (χ0n) is 13.8. The summed E-state index contributed by atoms with van der Waals surface area (Å²) in [6, 6.07) is 13.3. The van der Waals surface area contributed by atoms with E-state index < -0.39 is 0 Å². The van der Waals surface area contributed by atoms with Crippen LogP contribution in [0.5, 0.6) is 11.5 Å². The topological polar surface area (TPSA) is 59.9 Å². The van der Waals surface area contributed by atoms with Crippen LogP contribution in [0.15, 0.2) is 47.6 Å². The molecular weight excluding hydrogens is 304 g/mol. The molecule has 0 bridgehead atoms. The molecule has 0 radical (unpaired) electrons. The van der Waals surface area contributed by atoms with Crippen molar-refractivity contribution in [2.24, 2.45) is 11.0 Å². The van der Waals surface area contributed by atoms with Gasteiger partial charge in [-0.1, -0.05) is 12.1 Å². The minimum absolute atomic E-state index is 0.0504. The Bertz CT molecular complexity index is 767. The molecule has 0 atom stereocenters. The minimum Gasteiger partial charge on any atom is -0.493 e. The lowest BCUT2D eigenvalue weighted by Gasteiger charge is -2.09. The van der Waals surface area contributed by atoms with Gasteiger partial charge in [0.05, 0.1) is 24.9 Å². The normalized spacial score (nSPS) is 13.8. The number of carbonyl (C=O) groups is 1. The van der Waals surface area contributed by atoms with E-state index in [9.17, 15) is 4.79 Å². The maximum atomic E-state index is 11.8. The number of hydrazone groups is 1.